The number of nitrogens with zero attached hydrogens (tertiary/aromatic N) is 2. The van der Waals surface area contributed by atoms with Crippen LogP contribution in [0.1, 0.15) is 0 Å². The summed E-state index contributed by atoms with van der Waals surface area (Å²) in [6.07, 6.45) is 3.35. The Bertz CT molecular complexity index is 296. The van der Waals surface area contributed by atoms with Crippen LogP contribution in [0.3, 0.4) is 0 Å². The molecule has 0 bridgehead atoms. The summed E-state index contributed by atoms with van der Waals surface area (Å²) in [5, 5.41) is 15.2. The molecule has 6 nitrogen and oxygen atoms in total. The van der Waals surface area contributed by atoms with Gasteiger partial charge in [0.1, 0.15) is 6.04 Å². The monoisotopic (exact) mass is 184 g/mol. The van der Waals surface area contributed by atoms with Crippen LogP contribution in [-0.2, 0) is 11.8 Å². The Kier molecular flexibility index (Phi) is 2.86. The molecule has 0 aliphatic heterocycles. The molecule has 0 aliphatic rings. The van der Waals surface area contributed by atoms with E-state index in [1.54, 1.807) is 24.1 Å². The van der Waals surface area contributed by atoms with Crippen LogP contribution in [0.2, 0.25) is 0 Å². The maximum absolute atomic E-state index is 10.3. The summed E-state index contributed by atoms with van der Waals surface area (Å²) < 4.78 is 1.62. The maximum atomic E-state index is 10.3. The van der Waals surface area contributed by atoms with Gasteiger partial charge in [-0.3, -0.25) is 9.48 Å². The third-order valence-electron chi connectivity index (χ3n) is 1.55. The fourth-order valence-electron chi connectivity index (χ4n) is 0.828. The van der Waals surface area contributed by atoms with Crippen molar-refractivity contribution >= 4 is 11.7 Å². The number of nitrogens with two attached hydrogens (primary N) is 1. The molecule has 1 rings (SSSR count). The topological polar surface area (TPSA) is 93.2 Å². The Morgan fingerprint density at radius 2 is 2.62 bits per heavy atom. The molecule has 13 heavy (non-hydrogen) atoms. The van der Waals surface area contributed by atoms with E-state index < -0.39 is 12.0 Å². The highest BCUT2D eigenvalue weighted by atomic mass is 16.4. The van der Waals surface area contributed by atoms with Crippen LogP contribution < -0.4 is 11.1 Å². The van der Waals surface area contributed by atoms with Gasteiger partial charge >= 0.3 is 5.97 Å². The van der Waals surface area contributed by atoms with Crippen molar-refractivity contribution in [2.45, 2.75) is 6.04 Å². The lowest BCUT2D eigenvalue weighted by molar-refractivity contribution is -0.138. The van der Waals surface area contributed by atoms with Crippen LogP contribution in [0.25, 0.3) is 0 Å². The number of aromatic nitrogens is 2. The molecule has 0 amide bonds. The van der Waals surface area contributed by atoms with Crippen LogP contribution >= 0.6 is 0 Å². The van der Waals surface area contributed by atoms with Crippen molar-refractivity contribution in [3.05, 3.63) is 12.4 Å². The molecule has 0 saturated heterocycles. The zero-order chi connectivity index (χ0) is 9.84. The van der Waals surface area contributed by atoms with Crippen molar-refractivity contribution in [1.29, 1.82) is 0 Å². The van der Waals surface area contributed by atoms with E-state index in [9.17, 15) is 4.79 Å². The van der Waals surface area contributed by atoms with Crippen LogP contribution in [0, 0.1) is 0 Å². The molecule has 1 aromatic heterocycles. The van der Waals surface area contributed by atoms with E-state index in [1.165, 1.54) is 0 Å². The predicted octanol–water partition coefficient (Wildman–Crippen LogP) is -0.756. The number of rotatable bonds is 4. The molecule has 1 aromatic rings. The second-order valence-corrected chi connectivity index (χ2v) is 2.73. The van der Waals surface area contributed by atoms with Crippen LogP contribution in [0.15, 0.2) is 12.4 Å². The predicted molar refractivity (Wildman–Crippen MR) is 47.3 cm³/mol. The number of carbonyl (C=O) groups is 1. The number of nitrogens with one attached hydrogen (secondary N) is 1. The molecular weight excluding hydrogens is 172 g/mol. The second-order valence-electron chi connectivity index (χ2n) is 2.73. The van der Waals surface area contributed by atoms with Crippen molar-refractivity contribution in [2.75, 3.05) is 11.9 Å². The molecule has 1 unspecified atom stereocenters. The summed E-state index contributed by atoms with van der Waals surface area (Å²) in [7, 11) is 1.78. The molecule has 1 heterocycles. The number of aliphatic carboxylic acids is 1. The van der Waals surface area contributed by atoms with Gasteiger partial charge in [0.15, 0.2) is 0 Å². The fourth-order valence-corrected chi connectivity index (χ4v) is 0.828. The molecule has 0 saturated carbocycles. The molecule has 6 heteroatoms. The van der Waals surface area contributed by atoms with Gasteiger partial charge in [0.2, 0.25) is 0 Å². The Hall–Kier alpha value is -1.56. The normalized spacial score (nSPS) is 12.5. The molecule has 0 spiro atoms. The molecule has 72 valence electrons. The summed E-state index contributed by atoms with van der Waals surface area (Å²) in [6, 6.07) is -0.889. The lowest BCUT2D eigenvalue weighted by Crippen LogP contribution is -2.36. The van der Waals surface area contributed by atoms with E-state index in [-0.39, 0.29) is 6.54 Å². The van der Waals surface area contributed by atoms with E-state index in [4.69, 9.17) is 10.8 Å². The average Bonchev–Trinajstić information content (AvgIpc) is 2.47. The molecule has 4 N–H and O–H groups in total. The van der Waals surface area contributed by atoms with Gasteiger partial charge in [0.25, 0.3) is 0 Å². The van der Waals surface area contributed by atoms with Gasteiger partial charge in [0, 0.05) is 19.8 Å². The molecular formula is C7H12N4O2. The number of anilines is 1. The first-order chi connectivity index (χ1) is 6.09. The quantitative estimate of drug-likeness (QED) is 0.572. The van der Waals surface area contributed by atoms with Crippen LogP contribution in [0.4, 0.5) is 5.69 Å². The summed E-state index contributed by atoms with van der Waals surface area (Å²) in [6.45, 7) is 0.195. The third kappa shape index (κ3) is 2.75. The van der Waals surface area contributed by atoms with Gasteiger partial charge in [-0.1, -0.05) is 0 Å². The largest absolute Gasteiger partial charge is 0.480 e. The minimum absolute atomic E-state index is 0.195. The lowest BCUT2D eigenvalue weighted by Gasteiger charge is -2.06. The van der Waals surface area contributed by atoms with E-state index in [2.05, 4.69) is 10.4 Å². The van der Waals surface area contributed by atoms with E-state index >= 15 is 0 Å². The Morgan fingerprint density at radius 1 is 1.92 bits per heavy atom. The van der Waals surface area contributed by atoms with Crippen molar-refractivity contribution in [3.8, 4) is 0 Å². The van der Waals surface area contributed by atoms with Crippen LogP contribution in [0.5, 0.6) is 0 Å². The Morgan fingerprint density at radius 3 is 3.08 bits per heavy atom. The highest BCUT2D eigenvalue weighted by molar-refractivity contribution is 5.73. The smallest absolute Gasteiger partial charge is 0.322 e. The van der Waals surface area contributed by atoms with Gasteiger partial charge in [-0.15, -0.1) is 0 Å². The van der Waals surface area contributed by atoms with Crippen molar-refractivity contribution in [2.24, 2.45) is 12.8 Å². The molecule has 1 atom stereocenters. The fraction of sp³-hybridized carbons (Fsp3) is 0.429. The second kappa shape index (κ2) is 3.90. The van der Waals surface area contributed by atoms with E-state index in [1.807, 2.05) is 0 Å². The standard InChI is InChI=1S/C7H12N4O2/c1-11-4-5(2-10-11)9-3-6(8)7(12)13/h2,4,6,9H,3,8H2,1H3,(H,12,13). The van der Waals surface area contributed by atoms with Gasteiger partial charge in [0.05, 0.1) is 11.9 Å². The number of hydrogen-bond acceptors (Lipinski definition) is 4. The van der Waals surface area contributed by atoms with Gasteiger partial charge < -0.3 is 16.2 Å². The first-order valence-corrected chi connectivity index (χ1v) is 3.80. The summed E-state index contributed by atoms with van der Waals surface area (Å²) in [4.78, 5) is 10.3. The van der Waals surface area contributed by atoms with Gasteiger partial charge in [-0.2, -0.15) is 5.10 Å². The van der Waals surface area contributed by atoms with E-state index in [0.717, 1.165) is 5.69 Å². The summed E-state index contributed by atoms with van der Waals surface area (Å²) in [5.74, 6) is -1.02. The van der Waals surface area contributed by atoms with Gasteiger partial charge in [-0.05, 0) is 0 Å². The summed E-state index contributed by atoms with van der Waals surface area (Å²) in [5.41, 5.74) is 6.05. The number of aryl methyl sites for hydroxylation is 1. The number of carboxylic acids is 1. The molecule has 0 aromatic carbocycles. The minimum atomic E-state index is -1.02. The zero-order valence-corrected chi connectivity index (χ0v) is 7.27. The average molecular weight is 184 g/mol. The van der Waals surface area contributed by atoms with Crippen molar-refractivity contribution in [1.82, 2.24) is 9.78 Å². The Balaban J connectivity index is 2.39. The molecule has 0 radical (unpaired) electrons. The summed E-state index contributed by atoms with van der Waals surface area (Å²) >= 11 is 0. The highest BCUT2D eigenvalue weighted by Gasteiger charge is 2.10. The number of carboxylic acid groups (broad SMARTS) is 1. The van der Waals surface area contributed by atoms with Gasteiger partial charge in [-0.25, -0.2) is 0 Å². The maximum Gasteiger partial charge on any atom is 0.322 e. The molecule has 0 aliphatic carbocycles. The zero-order valence-electron chi connectivity index (χ0n) is 7.27. The Labute approximate surface area is 75.3 Å². The van der Waals surface area contributed by atoms with Crippen molar-refractivity contribution in [3.63, 3.8) is 0 Å². The molecule has 0 fully saturated rings. The van der Waals surface area contributed by atoms with Crippen molar-refractivity contribution < 1.29 is 9.90 Å². The third-order valence-corrected chi connectivity index (χ3v) is 1.55. The van der Waals surface area contributed by atoms with Crippen LogP contribution in [-0.4, -0.2) is 33.4 Å². The lowest BCUT2D eigenvalue weighted by atomic mass is 10.3. The number of hydrogen-bond donors (Lipinski definition) is 3. The highest BCUT2D eigenvalue weighted by Crippen LogP contribution is 2.02. The first-order valence-electron chi connectivity index (χ1n) is 3.80. The first kappa shape index (κ1) is 9.53. The minimum Gasteiger partial charge on any atom is -0.480 e. The SMILES string of the molecule is Cn1cc(NCC(N)C(=O)O)cn1. The van der Waals surface area contributed by atoms with E-state index in [0.29, 0.717) is 0 Å².